The van der Waals surface area contributed by atoms with Gasteiger partial charge in [-0.2, -0.15) is 0 Å². The third kappa shape index (κ3) is 8.56. The molecule has 2 aromatic carbocycles. The predicted molar refractivity (Wildman–Crippen MR) is 105 cm³/mol. The van der Waals surface area contributed by atoms with Crippen molar-refractivity contribution >= 4 is 0 Å². The largest absolute Gasteiger partial charge is 0.306 e. The molecule has 0 aromatic heterocycles. The summed E-state index contributed by atoms with van der Waals surface area (Å²) in [5, 5.41) is 3.69. The molecule has 0 radical (unpaired) electrons. The summed E-state index contributed by atoms with van der Waals surface area (Å²) in [6, 6.07) is 21.7. The van der Waals surface area contributed by atoms with Gasteiger partial charge in [-0.05, 0) is 24.1 Å². The van der Waals surface area contributed by atoms with Gasteiger partial charge in [0.05, 0.1) is 6.04 Å². The monoisotopic (exact) mass is 313 g/mol. The van der Waals surface area contributed by atoms with E-state index in [0.717, 1.165) is 6.54 Å². The fourth-order valence-corrected chi connectivity index (χ4v) is 2.34. The smallest absolute Gasteiger partial charge is 0.0576 e. The maximum Gasteiger partial charge on any atom is 0.0576 e. The minimum atomic E-state index is 0.305. The third-order valence-electron chi connectivity index (χ3n) is 3.39. The average molecular weight is 314 g/mol. The van der Waals surface area contributed by atoms with Gasteiger partial charge in [-0.3, -0.25) is 0 Å². The normalized spacial score (nSPS) is 9.48. The minimum Gasteiger partial charge on any atom is -0.306 e. The molecular formula is C22H35N. The maximum atomic E-state index is 3.69. The van der Waals surface area contributed by atoms with Crippen molar-refractivity contribution in [2.75, 3.05) is 6.54 Å². The molecule has 0 aliphatic rings. The van der Waals surface area contributed by atoms with E-state index in [9.17, 15) is 0 Å². The quantitative estimate of drug-likeness (QED) is 0.567. The summed E-state index contributed by atoms with van der Waals surface area (Å²) >= 11 is 0. The molecule has 1 heteroatoms. The van der Waals surface area contributed by atoms with Crippen molar-refractivity contribution in [3.63, 3.8) is 0 Å². The van der Waals surface area contributed by atoms with Gasteiger partial charge < -0.3 is 5.32 Å². The van der Waals surface area contributed by atoms with Gasteiger partial charge in [0.1, 0.15) is 0 Å². The molecule has 0 saturated heterocycles. The first kappa shape index (κ1) is 21.4. The average Bonchev–Trinajstić information content (AvgIpc) is 2.66. The summed E-state index contributed by atoms with van der Waals surface area (Å²) in [5.74, 6) is 0. The highest BCUT2D eigenvalue weighted by molar-refractivity contribution is 5.31. The van der Waals surface area contributed by atoms with Gasteiger partial charge in [-0.25, -0.2) is 0 Å². The molecular weight excluding hydrogens is 278 g/mol. The van der Waals surface area contributed by atoms with Crippen molar-refractivity contribution in [3.05, 3.63) is 71.8 Å². The van der Waals surface area contributed by atoms with Crippen LogP contribution in [-0.2, 0) is 0 Å². The zero-order valence-electron chi connectivity index (χ0n) is 15.7. The lowest BCUT2D eigenvalue weighted by molar-refractivity contribution is 0.565. The zero-order chi connectivity index (χ0) is 17.3. The Morgan fingerprint density at radius 2 is 1.13 bits per heavy atom. The fraction of sp³-hybridized carbons (Fsp3) is 0.455. The number of rotatable bonds is 7. The second-order valence-electron chi connectivity index (χ2n) is 4.92. The third-order valence-corrected chi connectivity index (χ3v) is 3.39. The van der Waals surface area contributed by atoms with Gasteiger partial charge >= 0.3 is 0 Å². The summed E-state index contributed by atoms with van der Waals surface area (Å²) in [5.41, 5.74) is 2.68. The van der Waals surface area contributed by atoms with Crippen LogP contribution in [0.5, 0.6) is 0 Å². The standard InChI is InChI=1S/C18H23N.2C2H6/c1-2-3-10-15-19-18(16-11-6-4-7-12-16)17-13-8-5-9-14-17;2*1-2/h4-9,11-14,18-19H,2-3,10,15H2,1H3;2*1-2H3. The van der Waals surface area contributed by atoms with Gasteiger partial charge in [0.2, 0.25) is 0 Å². The molecule has 2 aromatic rings. The molecule has 1 N–H and O–H groups in total. The van der Waals surface area contributed by atoms with Crippen molar-refractivity contribution in [2.45, 2.75) is 59.9 Å². The number of unbranched alkanes of at least 4 members (excludes halogenated alkanes) is 2. The van der Waals surface area contributed by atoms with E-state index in [1.54, 1.807) is 0 Å². The van der Waals surface area contributed by atoms with Crippen LogP contribution in [0.15, 0.2) is 60.7 Å². The van der Waals surface area contributed by atoms with Crippen molar-refractivity contribution in [2.24, 2.45) is 0 Å². The van der Waals surface area contributed by atoms with Crippen LogP contribution < -0.4 is 5.32 Å². The van der Waals surface area contributed by atoms with Crippen LogP contribution in [0.2, 0.25) is 0 Å². The Bertz CT molecular complexity index is 410. The van der Waals surface area contributed by atoms with Crippen LogP contribution in [-0.4, -0.2) is 6.54 Å². The van der Waals surface area contributed by atoms with E-state index in [1.807, 2.05) is 27.7 Å². The summed E-state index contributed by atoms with van der Waals surface area (Å²) in [6.07, 6.45) is 3.80. The molecule has 0 atom stereocenters. The van der Waals surface area contributed by atoms with Gasteiger partial charge in [0.25, 0.3) is 0 Å². The molecule has 1 nitrogen and oxygen atoms in total. The van der Waals surface area contributed by atoms with Gasteiger partial charge in [-0.15, -0.1) is 0 Å². The highest BCUT2D eigenvalue weighted by Crippen LogP contribution is 2.21. The first-order valence-electron chi connectivity index (χ1n) is 9.25. The van der Waals surface area contributed by atoms with Gasteiger partial charge in [-0.1, -0.05) is 108 Å². The van der Waals surface area contributed by atoms with Crippen molar-refractivity contribution in [3.8, 4) is 0 Å². The molecule has 128 valence electrons. The lowest BCUT2D eigenvalue weighted by Gasteiger charge is -2.19. The van der Waals surface area contributed by atoms with Crippen LogP contribution in [0.25, 0.3) is 0 Å². The van der Waals surface area contributed by atoms with E-state index in [4.69, 9.17) is 0 Å². The molecule has 2 rings (SSSR count). The first-order chi connectivity index (χ1) is 11.4. The summed E-state index contributed by atoms with van der Waals surface area (Å²) in [7, 11) is 0. The number of benzene rings is 2. The highest BCUT2D eigenvalue weighted by atomic mass is 14.9. The molecule has 0 heterocycles. The lowest BCUT2D eigenvalue weighted by atomic mass is 9.98. The Kier molecular flexibility index (Phi) is 14.2. The molecule has 0 spiro atoms. The van der Waals surface area contributed by atoms with Gasteiger partial charge in [0.15, 0.2) is 0 Å². The maximum absolute atomic E-state index is 3.69. The SMILES string of the molecule is CC.CC.CCCCCNC(c1ccccc1)c1ccccc1. The van der Waals surface area contributed by atoms with E-state index >= 15 is 0 Å². The number of hydrogen-bond donors (Lipinski definition) is 1. The number of nitrogens with one attached hydrogen (secondary N) is 1. The molecule has 0 aliphatic carbocycles. The van der Waals surface area contributed by atoms with E-state index in [0.29, 0.717) is 6.04 Å². The molecule has 0 amide bonds. The van der Waals surface area contributed by atoms with E-state index in [2.05, 4.69) is 72.9 Å². The first-order valence-corrected chi connectivity index (χ1v) is 9.25. The Morgan fingerprint density at radius 1 is 0.696 bits per heavy atom. The summed E-state index contributed by atoms with van der Waals surface area (Å²) in [4.78, 5) is 0. The minimum absolute atomic E-state index is 0.305. The second-order valence-corrected chi connectivity index (χ2v) is 4.92. The van der Waals surface area contributed by atoms with Crippen molar-refractivity contribution in [1.29, 1.82) is 0 Å². The van der Waals surface area contributed by atoms with Gasteiger partial charge in [0, 0.05) is 0 Å². The molecule has 0 fully saturated rings. The molecule has 23 heavy (non-hydrogen) atoms. The highest BCUT2D eigenvalue weighted by Gasteiger charge is 2.11. The van der Waals surface area contributed by atoms with Crippen molar-refractivity contribution in [1.82, 2.24) is 5.32 Å². The lowest BCUT2D eigenvalue weighted by Crippen LogP contribution is -2.23. The van der Waals surface area contributed by atoms with Crippen LogP contribution in [0.3, 0.4) is 0 Å². The Hall–Kier alpha value is -1.60. The Balaban J connectivity index is 0.00000112. The van der Waals surface area contributed by atoms with Crippen molar-refractivity contribution < 1.29 is 0 Å². The summed E-state index contributed by atoms with van der Waals surface area (Å²) < 4.78 is 0. The van der Waals surface area contributed by atoms with Crippen LogP contribution in [0.4, 0.5) is 0 Å². The van der Waals surface area contributed by atoms with Crippen LogP contribution in [0, 0.1) is 0 Å². The fourth-order valence-electron chi connectivity index (χ4n) is 2.34. The zero-order valence-corrected chi connectivity index (χ0v) is 15.7. The van der Waals surface area contributed by atoms with Crippen LogP contribution >= 0.6 is 0 Å². The van der Waals surface area contributed by atoms with E-state index in [-0.39, 0.29) is 0 Å². The molecule has 0 bridgehead atoms. The second kappa shape index (κ2) is 15.3. The molecule has 0 aliphatic heterocycles. The Labute approximate surface area is 144 Å². The van der Waals surface area contributed by atoms with E-state index < -0.39 is 0 Å². The number of hydrogen-bond acceptors (Lipinski definition) is 1. The topological polar surface area (TPSA) is 12.0 Å². The van der Waals surface area contributed by atoms with Crippen LogP contribution in [0.1, 0.15) is 71.0 Å². The summed E-state index contributed by atoms with van der Waals surface area (Å²) in [6.45, 7) is 11.3. The molecule has 0 unspecified atom stereocenters. The predicted octanol–water partition coefficient (Wildman–Crippen LogP) is 6.61. The van der Waals surface area contributed by atoms with E-state index in [1.165, 1.54) is 30.4 Å². The Morgan fingerprint density at radius 3 is 1.52 bits per heavy atom. The molecule has 0 saturated carbocycles.